The lowest BCUT2D eigenvalue weighted by molar-refractivity contribution is 0.155. The highest BCUT2D eigenvalue weighted by Gasteiger charge is 2.35. The summed E-state index contributed by atoms with van der Waals surface area (Å²) < 4.78 is 2.36. The fourth-order valence-corrected chi connectivity index (χ4v) is 4.67. The van der Waals surface area contributed by atoms with E-state index in [4.69, 9.17) is 0 Å². The summed E-state index contributed by atoms with van der Waals surface area (Å²) in [7, 11) is 0. The third kappa shape index (κ3) is 2.65. The number of fused-ring (bicyclic) bond motifs is 6. The van der Waals surface area contributed by atoms with Crippen LogP contribution in [-0.4, -0.2) is 32.6 Å². The van der Waals surface area contributed by atoms with Crippen LogP contribution in [0, 0.1) is 6.92 Å². The van der Waals surface area contributed by atoms with Crippen molar-refractivity contribution in [2.24, 2.45) is 0 Å². The van der Waals surface area contributed by atoms with Gasteiger partial charge in [0.05, 0.1) is 12.6 Å². The lowest BCUT2D eigenvalue weighted by atomic mass is 9.93. The summed E-state index contributed by atoms with van der Waals surface area (Å²) in [5, 5.41) is 12.2. The van der Waals surface area contributed by atoms with Crippen LogP contribution in [0.15, 0.2) is 42.7 Å². The molecule has 1 N–H and O–H groups in total. The molecule has 4 nitrogen and oxygen atoms in total. The molecule has 0 amide bonds. The minimum Gasteiger partial charge on any atom is -0.387 e. The molecule has 2 aromatic heterocycles. The summed E-state index contributed by atoms with van der Waals surface area (Å²) in [5.74, 6) is 0.646. The fraction of sp³-hybridized carbons (Fsp3) is 0.409. The monoisotopic (exact) mass is 349 g/mol. The zero-order valence-electron chi connectivity index (χ0n) is 14.5. The lowest BCUT2D eigenvalue weighted by Crippen LogP contribution is -2.27. The summed E-state index contributed by atoms with van der Waals surface area (Å²) in [5.41, 5.74) is 6.44. The Morgan fingerprint density at radius 3 is 2.85 bits per heavy atom. The number of aryl methyl sites for hydroxylation is 1. The molecule has 0 spiro atoms. The Balaban J connectivity index is 0.00000168. The summed E-state index contributed by atoms with van der Waals surface area (Å²) in [6.45, 7) is 6.15. The Morgan fingerprint density at radius 2 is 2.04 bits per heavy atom. The fourth-order valence-electron chi connectivity index (χ4n) is 4.67. The van der Waals surface area contributed by atoms with Crippen molar-refractivity contribution >= 4 is 10.9 Å². The molecule has 5 rings (SSSR count). The highest BCUT2D eigenvalue weighted by molar-refractivity contribution is 5.87. The average Bonchev–Trinajstić information content (AvgIpc) is 3.15. The first-order valence-corrected chi connectivity index (χ1v) is 9.12. The molecule has 2 bridgehead atoms. The molecule has 1 aromatic carbocycles. The first kappa shape index (κ1) is 17.3. The van der Waals surface area contributed by atoms with Crippen LogP contribution in [-0.2, 0) is 13.1 Å². The Morgan fingerprint density at radius 1 is 1.23 bits per heavy atom. The van der Waals surface area contributed by atoms with E-state index >= 15 is 0 Å². The maximum Gasteiger partial charge on any atom is 0.0970 e. The van der Waals surface area contributed by atoms with Gasteiger partial charge in [0.1, 0.15) is 0 Å². The minimum absolute atomic E-state index is 0. The molecule has 2 aliphatic rings. The molecule has 0 aliphatic carbocycles. The summed E-state index contributed by atoms with van der Waals surface area (Å²) in [4.78, 5) is 6.61. The zero-order chi connectivity index (χ0) is 17.0. The molecule has 3 unspecified atom stereocenters. The summed E-state index contributed by atoms with van der Waals surface area (Å²) >= 11 is 0. The predicted octanol–water partition coefficient (Wildman–Crippen LogP) is 4.02. The summed E-state index contributed by atoms with van der Waals surface area (Å²) in [6.07, 6.45) is 4.24. The number of hydrogen-bond donors (Lipinski definition) is 1. The number of pyridine rings is 1. The third-order valence-electron chi connectivity index (χ3n) is 5.87. The number of aromatic nitrogens is 2. The van der Waals surface area contributed by atoms with Gasteiger partial charge in [-0.1, -0.05) is 19.1 Å². The first-order valence-electron chi connectivity index (χ1n) is 9.12. The van der Waals surface area contributed by atoms with Gasteiger partial charge in [0.15, 0.2) is 0 Å². The highest BCUT2D eigenvalue weighted by atomic mass is 16.3. The van der Waals surface area contributed by atoms with Gasteiger partial charge >= 0.3 is 0 Å². The number of benzene rings is 1. The van der Waals surface area contributed by atoms with Gasteiger partial charge in [0, 0.05) is 48.0 Å². The van der Waals surface area contributed by atoms with Crippen molar-refractivity contribution in [1.82, 2.24) is 14.5 Å². The second-order valence-electron chi connectivity index (χ2n) is 7.51. The zero-order valence-corrected chi connectivity index (χ0v) is 14.5. The van der Waals surface area contributed by atoms with Crippen LogP contribution in [0.2, 0.25) is 0 Å². The van der Waals surface area contributed by atoms with Crippen LogP contribution in [0.25, 0.3) is 10.9 Å². The Hall–Kier alpha value is -2.17. The third-order valence-corrected chi connectivity index (χ3v) is 5.87. The Labute approximate surface area is 155 Å². The Kier molecular flexibility index (Phi) is 4.33. The van der Waals surface area contributed by atoms with Crippen molar-refractivity contribution in [1.29, 1.82) is 0 Å². The van der Waals surface area contributed by atoms with Crippen molar-refractivity contribution in [2.75, 3.05) is 13.1 Å². The van der Waals surface area contributed by atoms with E-state index in [9.17, 15) is 5.11 Å². The van der Waals surface area contributed by atoms with Gasteiger partial charge in [-0.3, -0.25) is 9.88 Å². The largest absolute Gasteiger partial charge is 0.387 e. The van der Waals surface area contributed by atoms with Gasteiger partial charge in [0.2, 0.25) is 0 Å². The number of aliphatic hydroxyl groups is 1. The van der Waals surface area contributed by atoms with Gasteiger partial charge in [-0.15, -0.1) is 0 Å². The van der Waals surface area contributed by atoms with E-state index in [1.165, 1.54) is 47.2 Å². The summed E-state index contributed by atoms with van der Waals surface area (Å²) in [6, 6.07) is 10.5. The molecular weight excluding hydrogens is 322 g/mol. The van der Waals surface area contributed by atoms with Crippen LogP contribution < -0.4 is 0 Å². The molecule has 1 fully saturated rings. The van der Waals surface area contributed by atoms with E-state index in [2.05, 4.69) is 39.6 Å². The van der Waals surface area contributed by atoms with Crippen molar-refractivity contribution in [2.45, 2.75) is 45.9 Å². The van der Waals surface area contributed by atoms with E-state index in [0.29, 0.717) is 12.5 Å². The van der Waals surface area contributed by atoms with Crippen molar-refractivity contribution in [3.63, 3.8) is 0 Å². The van der Waals surface area contributed by atoms with Gasteiger partial charge in [0.25, 0.3) is 0 Å². The maximum absolute atomic E-state index is 10.8. The van der Waals surface area contributed by atoms with E-state index < -0.39 is 6.10 Å². The van der Waals surface area contributed by atoms with Gasteiger partial charge < -0.3 is 9.67 Å². The van der Waals surface area contributed by atoms with Crippen LogP contribution in [0.1, 0.15) is 48.3 Å². The molecule has 4 heteroatoms. The van der Waals surface area contributed by atoms with Crippen molar-refractivity contribution in [3.8, 4) is 0 Å². The molecule has 4 heterocycles. The SMILES string of the molecule is C.Cc1ccc2c(c1)c1c(n2CC(O)c2ccncc2)CN2CCC1C2. The second-order valence-corrected chi connectivity index (χ2v) is 7.51. The van der Waals surface area contributed by atoms with E-state index in [0.717, 1.165) is 12.1 Å². The first-order chi connectivity index (χ1) is 12.2. The molecule has 0 saturated carbocycles. The minimum atomic E-state index is -0.515. The molecule has 136 valence electrons. The van der Waals surface area contributed by atoms with Crippen molar-refractivity contribution in [3.05, 3.63) is 65.1 Å². The van der Waals surface area contributed by atoms with Crippen molar-refractivity contribution < 1.29 is 5.11 Å². The number of rotatable bonds is 3. The molecule has 3 atom stereocenters. The normalized spacial score (nSPS) is 22.1. The van der Waals surface area contributed by atoms with Gasteiger partial charge in [-0.05, 0) is 55.3 Å². The molecule has 26 heavy (non-hydrogen) atoms. The number of hydrogen-bond acceptors (Lipinski definition) is 3. The number of aliphatic hydroxyl groups excluding tert-OH is 1. The molecular formula is C22H27N3O. The van der Waals surface area contributed by atoms with Crippen LogP contribution >= 0.6 is 0 Å². The van der Waals surface area contributed by atoms with E-state index in [-0.39, 0.29) is 7.43 Å². The highest BCUT2D eigenvalue weighted by Crippen LogP contribution is 2.42. The number of nitrogens with zero attached hydrogens (tertiary/aromatic N) is 3. The quantitative estimate of drug-likeness (QED) is 0.776. The van der Waals surface area contributed by atoms with Gasteiger partial charge in [-0.2, -0.15) is 0 Å². The van der Waals surface area contributed by atoms with Crippen LogP contribution in [0.3, 0.4) is 0 Å². The maximum atomic E-state index is 10.8. The molecule has 2 aliphatic heterocycles. The van der Waals surface area contributed by atoms with Gasteiger partial charge in [-0.25, -0.2) is 0 Å². The van der Waals surface area contributed by atoms with E-state index in [1.807, 2.05) is 12.1 Å². The predicted molar refractivity (Wildman–Crippen MR) is 105 cm³/mol. The smallest absolute Gasteiger partial charge is 0.0970 e. The molecule has 0 radical (unpaired) electrons. The van der Waals surface area contributed by atoms with Crippen LogP contribution in [0.4, 0.5) is 0 Å². The lowest BCUT2D eigenvalue weighted by Gasteiger charge is -2.25. The average molecular weight is 349 g/mol. The standard InChI is InChI=1S/C21H23N3O.CH4/c1-14-2-3-18-17(10-14)21-16-6-9-23(11-16)12-19(21)24(18)13-20(25)15-4-7-22-8-5-15;/h2-5,7-8,10,16,20,25H,6,9,11-13H2,1H3;1H4. The second kappa shape index (κ2) is 6.53. The van der Waals surface area contributed by atoms with Crippen LogP contribution in [0.5, 0.6) is 0 Å². The molecule has 1 saturated heterocycles. The topological polar surface area (TPSA) is 41.3 Å². The Bertz CT molecular complexity index is 931. The van der Waals surface area contributed by atoms with E-state index in [1.54, 1.807) is 12.4 Å². The molecule has 3 aromatic rings.